The Hall–Kier alpha value is -3.49. The van der Waals surface area contributed by atoms with Gasteiger partial charge in [-0.25, -0.2) is 0 Å². The van der Waals surface area contributed by atoms with E-state index in [0.29, 0.717) is 10.7 Å². The van der Waals surface area contributed by atoms with E-state index in [1.54, 1.807) is 31.4 Å². The minimum atomic E-state index is -0.488. The predicted molar refractivity (Wildman–Crippen MR) is 115 cm³/mol. The molecule has 0 aliphatic heterocycles. The molecule has 5 nitrogen and oxygen atoms in total. The zero-order valence-electron chi connectivity index (χ0n) is 16.4. The molecular formula is C23H20ClN3O2. The Kier molecular flexibility index (Phi) is 6.06. The van der Waals surface area contributed by atoms with Crippen LogP contribution in [0, 0.1) is 25.2 Å². The number of ether oxygens (including phenoxy) is 1. The average Bonchev–Trinajstić information content (AvgIpc) is 3.09. The number of nitriles is 1. The van der Waals surface area contributed by atoms with Crippen LogP contribution in [-0.2, 0) is 4.79 Å². The summed E-state index contributed by atoms with van der Waals surface area (Å²) in [5.74, 6) is 0.266. The molecule has 1 N–H and O–H groups in total. The van der Waals surface area contributed by atoms with Crippen molar-refractivity contribution in [2.24, 2.45) is 0 Å². The summed E-state index contributed by atoms with van der Waals surface area (Å²) in [4.78, 5) is 12.7. The summed E-state index contributed by atoms with van der Waals surface area (Å²) in [7, 11) is 1.61. The van der Waals surface area contributed by atoms with Crippen LogP contribution < -0.4 is 10.1 Å². The quantitative estimate of drug-likeness (QED) is 0.462. The Morgan fingerprint density at radius 3 is 2.52 bits per heavy atom. The van der Waals surface area contributed by atoms with Crippen molar-refractivity contribution in [3.05, 3.63) is 82.1 Å². The number of carbonyl (C=O) groups excluding carboxylic acids is 1. The van der Waals surface area contributed by atoms with Gasteiger partial charge in [-0.3, -0.25) is 4.79 Å². The highest BCUT2D eigenvalue weighted by Gasteiger charge is 2.14. The van der Waals surface area contributed by atoms with Crippen molar-refractivity contribution in [1.29, 1.82) is 5.26 Å². The van der Waals surface area contributed by atoms with Crippen molar-refractivity contribution in [2.45, 2.75) is 13.8 Å². The van der Waals surface area contributed by atoms with Crippen molar-refractivity contribution in [1.82, 2.24) is 4.57 Å². The normalized spacial score (nSPS) is 11.1. The number of hydrogen-bond donors (Lipinski definition) is 1. The predicted octanol–water partition coefficient (Wildman–Crippen LogP) is 5.30. The van der Waals surface area contributed by atoms with Crippen LogP contribution in [0.3, 0.4) is 0 Å². The molecule has 6 heteroatoms. The molecule has 0 fully saturated rings. The number of nitrogens with zero attached hydrogens (tertiary/aromatic N) is 2. The molecule has 0 spiro atoms. The number of hydrogen-bond acceptors (Lipinski definition) is 3. The molecule has 146 valence electrons. The summed E-state index contributed by atoms with van der Waals surface area (Å²) in [5, 5.41) is 12.9. The van der Waals surface area contributed by atoms with Crippen molar-refractivity contribution in [3.63, 3.8) is 0 Å². The van der Waals surface area contributed by atoms with Gasteiger partial charge in [-0.15, -0.1) is 0 Å². The molecular weight excluding hydrogens is 386 g/mol. The lowest BCUT2D eigenvalue weighted by Gasteiger charge is -2.12. The van der Waals surface area contributed by atoms with E-state index in [0.717, 1.165) is 28.4 Å². The lowest BCUT2D eigenvalue weighted by Crippen LogP contribution is -2.14. The van der Waals surface area contributed by atoms with Crippen LogP contribution in [0.25, 0.3) is 11.8 Å². The van der Waals surface area contributed by atoms with Gasteiger partial charge in [0.1, 0.15) is 17.4 Å². The Bertz CT molecular complexity index is 1120. The Morgan fingerprint density at radius 2 is 1.86 bits per heavy atom. The minimum Gasteiger partial charge on any atom is -0.497 e. The van der Waals surface area contributed by atoms with Gasteiger partial charge in [0.05, 0.1) is 7.11 Å². The van der Waals surface area contributed by atoms with Crippen molar-refractivity contribution in [2.75, 3.05) is 12.4 Å². The van der Waals surface area contributed by atoms with E-state index < -0.39 is 5.91 Å². The largest absolute Gasteiger partial charge is 0.497 e. The topological polar surface area (TPSA) is 67.0 Å². The van der Waals surface area contributed by atoms with Gasteiger partial charge >= 0.3 is 0 Å². The van der Waals surface area contributed by atoms with Crippen LogP contribution in [0.4, 0.5) is 5.69 Å². The summed E-state index contributed by atoms with van der Waals surface area (Å²) in [5.41, 5.74) is 3.93. The fourth-order valence-corrected chi connectivity index (χ4v) is 3.16. The van der Waals surface area contributed by atoms with Crippen LogP contribution in [-0.4, -0.2) is 17.6 Å². The molecule has 1 heterocycles. The van der Waals surface area contributed by atoms with E-state index in [4.69, 9.17) is 16.3 Å². The van der Waals surface area contributed by atoms with Gasteiger partial charge in [0.15, 0.2) is 0 Å². The first-order valence-corrected chi connectivity index (χ1v) is 9.33. The lowest BCUT2D eigenvalue weighted by atomic mass is 10.1. The molecule has 0 aliphatic rings. The number of aryl methyl sites for hydroxylation is 1. The lowest BCUT2D eigenvalue weighted by molar-refractivity contribution is -0.112. The highest BCUT2D eigenvalue weighted by Crippen LogP contribution is 2.25. The number of aromatic nitrogens is 1. The molecule has 0 saturated carbocycles. The zero-order valence-corrected chi connectivity index (χ0v) is 17.1. The second-order valence-corrected chi connectivity index (χ2v) is 6.88. The van der Waals surface area contributed by atoms with Crippen LogP contribution in [0.1, 0.15) is 17.0 Å². The molecule has 0 aliphatic carbocycles. The Morgan fingerprint density at radius 1 is 1.14 bits per heavy atom. The van der Waals surface area contributed by atoms with Crippen molar-refractivity contribution >= 4 is 29.3 Å². The molecule has 3 aromatic rings. The van der Waals surface area contributed by atoms with Crippen LogP contribution in [0.15, 0.2) is 60.2 Å². The molecule has 2 aromatic carbocycles. The number of nitrogens with one attached hydrogen (secondary N) is 1. The van der Waals surface area contributed by atoms with Crippen molar-refractivity contribution < 1.29 is 9.53 Å². The maximum absolute atomic E-state index is 12.7. The van der Waals surface area contributed by atoms with Crippen LogP contribution in [0.2, 0.25) is 5.02 Å². The van der Waals surface area contributed by atoms with E-state index in [1.165, 1.54) is 0 Å². The van der Waals surface area contributed by atoms with E-state index in [1.807, 2.05) is 60.9 Å². The van der Waals surface area contributed by atoms with Crippen LogP contribution >= 0.6 is 11.6 Å². The second kappa shape index (κ2) is 8.68. The molecule has 3 rings (SSSR count). The highest BCUT2D eigenvalue weighted by molar-refractivity contribution is 6.31. The third-order valence-corrected chi connectivity index (χ3v) is 5.02. The SMILES string of the molecule is COc1ccc(-n2c(C)ccc2/C=C(/C#N)C(=O)Nc2cccc(Cl)c2C)cc1. The summed E-state index contributed by atoms with van der Waals surface area (Å²) >= 11 is 6.11. The molecule has 0 atom stereocenters. The van der Waals surface area contributed by atoms with E-state index >= 15 is 0 Å². The molecule has 1 amide bonds. The fraction of sp³-hybridized carbons (Fsp3) is 0.130. The highest BCUT2D eigenvalue weighted by atomic mass is 35.5. The van der Waals surface area contributed by atoms with E-state index in [2.05, 4.69) is 5.32 Å². The smallest absolute Gasteiger partial charge is 0.266 e. The van der Waals surface area contributed by atoms with E-state index in [-0.39, 0.29) is 5.57 Å². The number of methoxy groups -OCH3 is 1. The number of amides is 1. The average molecular weight is 406 g/mol. The number of halogens is 1. The Balaban J connectivity index is 1.94. The first-order chi connectivity index (χ1) is 13.9. The number of anilines is 1. The second-order valence-electron chi connectivity index (χ2n) is 6.47. The summed E-state index contributed by atoms with van der Waals surface area (Å²) in [6.45, 7) is 3.77. The van der Waals surface area contributed by atoms with Gasteiger partial charge in [-0.2, -0.15) is 5.26 Å². The zero-order chi connectivity index (χ0) is 21.0. The maximum Gasteiger partial charge on any atom is 0.266 e. The molecule has 0 radical (unpaired) electrons. The third kappa shape index (κ3) is 4.34. The van der Waals surface area contributed by atoms with E-state index in [9.17, 15) is 10.1 Å². The summed E-state index contributed by atoms with van der Waals surface area (Å²) in [6.07, 6.45) is 1.58. The third-order valence-electron chi connectivity index (χ3n) is 4.61. The first kappa shape index (κ1) is 20.2. The summed E-state index contributed by atoms with van der Waals surface area (Å²) < 4.78 is 7.18. The monoisotopic (exact) mass is 405 g/mol. The standard InChI is InChI=1S/C23H20ClN3O2/c1-15-7-8-19(27(15)18-9-11-20(29-3)12-10-18)13-17(14-25)23(28)26-22-6-4-5-21(24)16(22)2/h4-13H,1-3H3,(H,26,28)/b17-13-. The Labute approximate surface area is 174 Å². The summed E-state index contributed by atoms with van der Waals surface area (Å²) in [6, 6.07) is 18.6. The van der Waals surface area contributed by atoms with Gasteiger partial charge < -0.3 is 14.6 Å². The van der Waals surface area contributed by atoms with Crippen LogP contribution in [0.5, 0.6) is 5.75 Å². The van der Waals surface area contributed by atoms with Gasteiger partial charge in [0.2, 0.25) is 0 Å². The molecule has 0 unspecified atom stereocenters. The molecule has 0 saturated heterocycles. The van der Waals surface area contributed by atoms with Gasteiger partial charge in [-0.05, 0) is 74.0 Å². The van der Waals surface area contributed by atoms with Gasteiger partial charge in [0.25, 0.3) is 5.91 Å². The number of carbonyl (C=O) groups is 1. The molecule has 1 aromatic heterocycles. The first-order valence-electron chi connectivity index (χ1n) is 8.95. The number of benzene rings is 2. The fourth-order valence-electron chi connectivity index (χ4n) is 2.98. The van der Waals surface area contributed by atoms with Crippen molar-refractivity contribution in [3.8, 4) is 17.5 Å². The molecule has 29 heavy (non-hydrogen) atoms. The van der Waals surface area contributed by atoms with Gasteiger partial charge in [0, 0.05) is 27.8 Å². The maximum atomic E-state index is 12.7. The molecule has 0 bridgehead atoms. The van der Waals surface area contributed by atoms with Gasteiger partial charge in [-0.1, -0.05) is 17.7 Å². The minimum absolute atomic E-state index is 0.00256. The number of rotatable bonds is 5.